The Morgan fingerprint density at radius 3 is 2.52 bits per heavy atom. The highest BCUT2D eigenvalue weighted by Gasteiger charge is 2.22. The lowest BCUT2D eigenvalue weighted by Gasteiger charge is -2.26. The van der Waals surface area contributed by atoms with Crippen LogP contribution < -0.4 is 10.6 Å². The summed E-state index contributed by atoms with van der Waals surface area (Å²) in [6.45, 7) is 1.86. The highest BCUT2D eigenvalue weighted by atomic mass is 35.5. The number of amides is 3. The predicted molar refractivity (Wildman–Crippen MR) is 112 cm³/mol. The smallest absolute Gasteiger partial charge is 0.322 e. The largest absolute Gasteiger partial charge is 0.354 e. The second-order valence-electron chi connectivity index (χ2n) is 6.53. The van der Waals surface area contributed by atoms with E-state index in [1.165, 1.54) is 23.1 Å². The average Bonchev–Trinajstić information content (AvgIpc) is 2.73. The molecule has 1 aromatic heterocycles. The van der Waals surface area contributed by atoms with Gasteiger partial charge in [0.15, 0.2) is 0 Å². The number of hydrogen-bond donors (Lipinski definition) is 2. The van der Waals surface area contributed by atoms with Crippen molar-refractivity contribution in [3.8, 4) is 0 Å². The molecule has 3 aromatic rings. The molecule has 0 saturated carbocycles. The molecule has 0 spiro atoms. The molecule has 3 amide bonds. The van der Waals surface area contributed by atoms with Gasteiger partial charge in [-0.2, -0.15) is 0 Å². The minimum absolute atomic E-state index is 0.0708. The minimum atomic E-state index is -0.555. The first-order valence-electron chi connectivity index (χ1n) is 8.92. The van der Waals surface area contributed by atoms with Gasteiger partial charge >= 0.3 is 6.03 Å². The minimum Gasteiger partial charge on any atom is -0.354 e. The molecule has 0 radical (unpaired) electrons. The number of fused-ring (bicyclic) bond motifs is 1. The third-order valence-corrected chi connectivity index (χ3v) is 5.08. The van der Waals surface area contributed by atoms with Crippen LogP contribution in [0.1, 0.15) is 29.0 Å². The number of hydrogen-bond acceptors (Lipinski definition) is 3. The van der Waals surface area contributed by atoms with Crippen LogP contribution in [-0.2, 0) is 0 Å². The fourth-order valence-corrected chi connectivity index (χ4v) is 3.20. The van der Waals surface area contributed by atoms with Gasteiger partial charge in [0.2, 0.25) is 0 Å². The van der Waals surface area contributed by atoms with Crippen molar-refractivity contribution in [2.45, 2.75) is 13.0 Å². The van der Waals surface area contributed by atoms with Crippen molar-refractivity contribution < 1.29 is 14.0 Å². The number of carbonyl (C=O) groups is 2. The SMILES string of the molecule is CNC(=O)c1ncc([C@@H](C)N(C)C(=O)Nc2ccc(F)c(Cl)c2)c2ccccc12. The zero-order chi connectivity index (χ0) is 21.1. The van der Waals surface area contributed by atoms with Crippen LogP contribution in [0.4, 0.5) is 14.9 Å². The van der Waals surface area contributed by atoms with Crippen LogP contribution in [0.2, 0.25) is 5.02 Å². The van der Waals surface area contributed by atoms with Crippen molar-refractivity contribution in [2.75, 3.05) is 19.4 Å². The molecule has 0 bridgehead atoms. The van der Waals surface area contributed by atoms with E-state index in [0.717, 1.165) is 10.9 Å². The van der Waals surface area contributed by atoms with Crippen molar-refractivity contribution in [2.24, 2.45) is 0 Å². The van der Waals surface area contributed by atoms with Crippen molar-refractivity contribution in [3.05, 3.63) is 70.8 Å². The highest BCUT2D eigenvalue weighted by molar-refractivity contribution is 6.31. The van der Waals surface area contributed by atoms with Crippen LogP contribution in [0, 0.1) is 5.82 Å². The Labute approximate surface area is 172 Å². The number of aromatic nitrogens is 1. The molecule has 2 aromatic carbocycles. The van der Waals surface area contributed by atoms with Gasteiger partial charge in [-0.25, -0.2) is 9.18 Å². The Morgan fingerprint density at radius 1 is 1.17 bits per heavy atom. The Morgan fingerprint density at radius 2 is 1.86 bits per heavy atom. The fraction of sp³-hybridized carbons (Fsp3) is 0.190. The maximum absolute atomic E-state index is 13.3. The van der Waals surface area contributed by atoms with E-state index >= 15 is 0 Å². The van der Waals surface area contributed by atoms with E-state index < -0.39 is 5.82 Å². The predicted octanol–water partition coefficient (Wildman–Crippen LogP) is 4.61. The number of urea groups is 1. The summed E-state index contributed by atoms with van der Waals surface area (Å²) in [4.78, 5) is 30.6. The maximum Gasteiger partial charge on any atom is 0.322 e. The van der Waals surface area contributed by atoms with Gasteiger partial charge in [0, 0.05) is 36.9 Å². The summed E-state index contributed by atoms with van der Waals surface area (Å²) in [6, 6.07) is 10.7. The van der Waals surface area contributed by atoms with E-state index in [1.54, 1.807) is 20.3 Å². The van der Waals surface area contributed by atoms with Crippen molar-refractivity contribution in [3.63, 3.8) is 0 Å². The molecule has 6 nitrogen and oxygen atoms in total. The first kappa shape index (κ1) is 20.5. The molecule has 1 atom stereocenters. The van der Waals surface area contributed by atoms with E-state index in [-0.39, 0.29) is 23.0 Å². The summed E-state index contributed by atoms with van der Waals surface area (Å²) in [5.74, 6) is -0.833. The van der Waals surface area contributed by atoms with E-state index in [0.29, 0.717) is 16.8 Å². The number of pyridine rings is 1. The molecule has 8 heteroatoms. The van der Waals surface area contributed by atoms with Crippen LogP contribution in [0.25, 0.3) is 10.8 Å². The zero-order valence-corrected chi connectivity index (χ0v) is 16.9. The van der Waals surface area contributed by atoms with Crippen LogP contribution in [0.15, 0.2) is 48.7 Å². The maximum atomic E-state index is 13.3. The summed E-state index contributed by atoms with van der Waals surface area (Å²) in [6.07, 6.45) is 1.61. The van der Waals surface area contributed by atoms with Gasteiger partial charge in [-0.3, -0.25) is 9.78 Å². The number of nitrogens with zero attached hydrogens (tertiary/aromatic N) is 2. The number of rotatable bonds is 4. The van der Waals surface area contributed by atoms with Gasteiger partial charge in [0.25, 0.3) is 5.91 Å². The molecule has 0 aliphatic carbocycles. The number of anilines is 1. The average molecular weight is 415 g/mol. The summed E-state index contributed by atoms with van der Waals surface area (Å²) in [7, 11) is 3.20. The van der Waals surface area contributed by atoms with Crippen LogP contribution in [0.3, 0.4) is 0 Å². The van der Waals surface area contributed by atoms with Gasteiger partial charge in [-0.15, -0.1) is 0 Å². The molecular weight excluding hydrogens is 395 g/mol. The second-order valence-corrected chi connectivity index (χ2v) is 6.94. The fourth-order valence-electron chi connectivity index (χ4n) is 3.02. The molecule has 3 rings (SSSR count). The van der Waals surface area contributed by atoms with Crippen molar-refractivity contribution in [1.29, 1.82) is 0 Å². The van der Waals surface area contributed by atoms with E-state index in [4.69, 9.17) is 11.6 Å². The quantitative estimate of drug-likeness (QED) is 0.654. The van der Waals surface area contributed by atoms with Gasteiger partial charge < -0.3 is 15.5 Å². The number of benzene rings is 2. The standard InChI is InChI=1S/C21H20ClFN4O2/c1-12(27(3)21(29)26-13-8-9-18(23)17(22)10-13)16-11-25-19(20(28)24-2)15-7-5-4-6-14(15)16/h4-12H,1-3H3,(H,24,28)(H,26,29)/t12-/m1/s1. The van der Waals surface area contributed by atoms with Crippen molar-refractivity contribution >= 4 is 40.0 Å². The summed E-state index contributed by atoms with van der Waals surface area (Å²) >= 11 is 5.77. The number of carbonyl (C=O) groups excluding carboxylic acids is 2. The van der Waals surface area contributed by atoms with Crippen LogP contribution in [-0.4, -0.2) is 35.9 Å². The van der Waals surface area contributed by atoms with Crippen molar-refractivity contribution in [1.82, 2.24) is 15.2 Å². The lowest BCUT2D eigenvalue weighted by Crippen LogP contribution is -2.34. The topological polar surface area (TPSA) is 74.3 Å². The first-order valence-corrected chi connectivity index (χ1v) is 9.30. The van der Waals surface area contributed by atoms with Crippen LogP contribution >= 0.6 is 11.6 Å². The molecule has 0 aliphatic heterocycles. The molecule has 1 heterocycles. The number of halogens is 2. The molecular formula is C21H20ClFN4O2. The Bertz CT molecular complexity index is 1090. The normalized spacial score (nSPS) is 11.8. The monoisotopic (exact) mass is 414 g/mol. The Balaban J connectivity index is 1.90. The molecule has 0 unspecified atom stereocenters. The molecule has 0 saturated heterocycles. The third-order valence-electron chi connectivity index (χ3n) is 4.79. The zero-order valence-electron chi connectivity index (χ0n) is 16.2. The van der Waals surface area contributed by atoms with Crippen LogP contribution in [0.5, 0.6) is 0 Å². The van der Waals surface area contributed by atoms with Gasteiger partial charge in [0.1, 0.15) is 11.5 Å². The van der Waals surface area contributed by atoms with Gasteiger partial charge in [-0.05, 0) is 30.5 Å². The molecule has 0 fully saturated rings. The summed E-state index contributed by atoms with van der Waals surface area (Å²) in [5, 5.41) is 6.75. The van der Waals surface area contributed by atoms with E-state index in [1.807, 2.05) is 31.2 Å². The van der Waals surface area contributed by atoms with E-state index in [9.17, 15) is 14.0 Å². The van der Waals surface area contributed by atoms with Gasteiger partial charge in [-0.1, -0.05) is 35.9 Å². The number of nitrogens with one attached hydrogen (secondary N) is 2. The van der Waals surface area contributed by atoms with Gasteiger partial charge in [0.05, 0.1) is 11.1 Å². The lowest BCUT2D eigenvalue weighted by atomic mass is 9.99. The Hall–Kier alpha value is -3.19. The summed E-state index contributed by atoms with van der Waals surface area (Å²) < 4.78 is 13.3. The molecule has 2 N–H and O–H groups in total. The third kappa shape index (κ3) is 4.14. The highest BCUT2D eigenvalue weighted by Crippen LogP contribution is 2.29. The second kappa shape index (κ2) is 8.45. The first-order chi connectivity index (χ1) is 13.8. The van der Waals surface area contributed by atoms with E-state index in [2.05, 4.69) is 15.6 Å². The lowest BCUT2D eigenvalue weighted by molar-refractivity contribution is 0.0960. The molecule has 150 valence electrons. The Kier molecular flexibility index (Phi) is 5.98. The molecule has 29 heavy (non-hydrogen) atoms. The molecule has 0 aliphatic rings. The summed E-state index contributed by atoms with van der Waals surface area (Å²) in [5.41, 5.74) is 1.51.